The zero-order valence-corrected chi connectivity index (χ0v) is 12.8. The molecule has 6 heteroatoms. The van der Waals surface area contributed by atoms with Crippen LogP contribution >= 0.6 is 11.3 Å². The van der Waals surface area contributed by atoms with Gasteiger partial charge in [0.1, 0.15) is 0 Å². The second-order valence-corrected chi connectivity index (χ2v) is 6.24. The first-order valence-corrected chi connectivity index (χ1v) is 8.20. The van der Waals surface area contributed by atoms with Crippen molar-refractivity contribution >= 4 is 27.9 Å². The van der Waals surface area contributed by atoms with Crippen LogP contribution in [0.5, 0.6) is 0 Å². The normalized spacial score (nSPS) is 14.0. The Morgan fingerprint density at radius 1 is 1.45 bits per heavy atom. The van der Waals surface area contributed by atoms with Gasteiger partial charge in [0, 0.05) is 35.7 Å². The molecule has 0 saturated carbocycles. The minimum Gasteiger partial charge on any atom is -0.325 e. The Morgan fingerprint density at radius 3 is 3.36 bits per heavy atom. The number of rotatable bonds is 3. The lowest BCUT2D eigenvalue weighted by Gasteiger charge is -2.20. The molecule has 22 heavy (non-hydrogen) atoms. The zero-order chi connectivity index (χ0) is 14.9. The van der Waals surface area contributed by atoms with Crippen molar-refractivity contribution in [1.29, 1.82) is 0 Å². The number of aromatic nitrogens is 2. The predicted octanol–water partition coefficient (Wildman–Crippen LogP) is 2.22. The molecule has 0 fully saturated rings. The minimum atomic E-state index is 0.0142. The highest BCUT2D eigenvalue weighted by atomic mass is 32.1. The summed E-state index contributed by atoms with van der Waals surface area (Å²) >= 11 is 1.56. The van der Waals surface area contributed by atoms with Crippen molar-refractivity contribution in [3.05, 3.63) is 52.8 Å². The van der Waals surface area contributed by atoms with E-state index in [9.17, 15) is 4.79 Å². The van der Waals surface area contributed by atoms with Crippen LogP contribution in [0.3, 0.4) is 0 Å². The van der Waals surface area contributed by atoms with E-state index in [1.165, 1.54) is 11.1 Å². The van der Waals surface area contributed by atoms with Crippen LogP contribution < -0.4 is 10.6 Å². The number of anilines is 1. The fraction of sp³-hybridized carbons (Fsp3) is 0.250. The number of carbonyl (C=O) groups is 1. The molecule has 0 radical (unpaired) electrons. The summed E-state index contributed by atoms with van der Waals surface area (Å²) in [6.45, 7) is 1.83. The van der Waals surface area contributed by atoms with Gasteiger partial charge in [-0.05, 0) is 30.2 Å². The quantitative estimate of drug-likeness (QED) is 0.780. The van der Waals surface area contributed by atoms with Gasteiger partial charge in [-0.2, -0.15) is 0 Å². The number of benzene rings is 1. The van der Waals surface area contributed by atoms with Crippen LogP contribution in [0.25, 0.3) is 4.96 Å². The summed E-state index contributed by atoms with van der Waals surface area (Å²) in [5.41, 5.74) is 4.45. The van der Waals surface area contributed by atoms with Crippen molar-refractivity contribution in [3.63, 3.8) is 0 Å². The number of hydrogen-bond acceptors (Lipinski definition) is 4. The number of fused-ring (bicyclic) bond motifs is 2. The average Bonchev–Trinajstić information content (AvgIpc) is 3.13. The molecule has 0 spiro atoms. The third-order valence-corrected chi connectivity index (χ3v) is 4.88. The molecule has 0 atom stereocenters. The number of hydrogen-bond donors (Lipinski definition) is 2. The summed E-state index contributed by atoms with van der Waals surface area (Å²) in [5, 5.41) is 8.42. The first-order valence-electron chi connectivity index (χ1n) is 7.32. The van der Waals surface area contributed by atoms with Gasteiger partial charge < -0.3 is 10.6 Å². The van der Waals surface area contributed by atoms with Crippen LogP contribution in [0.2, 0.25) is 0 Å². The molecule has 0 bridgehead atoms. The van der Waals surface area contributed by atoms with Crippen molar-refractivity contribution < 1.29 is 4.79 Å². The molecule has 2 N–H and O–H groups in total. The summed E-state index contributed by atoms with van der Waals surface area (Å²) < 4.78 is 1.97. The summed E-state index contributed by atoms with van der Waals surface area (Å²) in [7, 11) is 0. The molecule has 1 aromatic carbocycles. The van der Waals surface area contributed by atoms with E-state index >= 15 is 0 Å². The third kappa shape index (κ3) is 2.40. The van der Waals surface area contributed by atoms with Crippen molar-refractivity contribution in [2.24, 2.45) is 0 Å². The van der Waals surface area contributed by atoms with Gasteiger partial charge in [0.05, 0.1) is 6.42 Å². The van der Waals surface area contributed by atoms with Crippen LogP contribution in [0.1, 0.15) is 16.8 Å². The maximum absolute atomic E-state index is 12.4. The van der Waals surface area contributed by atoms with Crippen molar-refractivity contribution in [2.75, 3.05) is 11.9 Å². The van der Waals surface area contributed by atoms with Crippen LogP contribution in [0.4, 0.5) is 5.69 Å². The van der Waals surface area contributed by atoms with E-state index in [1.807, 2.05) is 28.1 Å². The second-order valence-electron chi connectivity index (χ2n) is 5.40. The van der Waals surface area contributed by atoms with E-state index in [0.717, 1.165) is 35.9 Å². The van der Waals surface area contributed by atoms with E-state index in [4.69, 9.17) is 0 Å². The number of imidazole rings is 1. The van der Waals surface area contributed by atoms with E-state index in [2.05, 4.69) is 21.7 Å². The van der Waals surface area contributed by atoms with Gasteiger partial charge in [-0.3, -0.25) is 9.20 Å². The molecule has 5 nitrogen and oxygen atoms in total. The van der Waals surface area contributed by atoms with Crippen LogP contribution in [0, 0.1) is 0 Å². The van der Waals surface area contributed by atoms with Crippen LogP contribution in [0.15, 0.2) is 36.0 Å². The Hall–Kier alpha value is -2.18. The molecule has 4 rings (SSSR count). The molecule has 0 aliphatic carbocycles. The Kier molecular flexibility index (Phi) is 3.40. The number of nitrogens with one attached hydrogen (secondary N) is 2. The monoisotopic (exact) mass is 312 g/mol. The van der Waals surface area contributed by atoms with Gasteiger partial charge in [-0.15, -0.1) is 11.3 Å². The minimum absolute atomic E-state index is 0.0142. The van der Waals surface area contributed by atoms with Gasteiger partial charge >= 0.3 is 0 Å². The van der Waals surface area contributed by atoms with Gasteiger partial charge in [0.2, 0.25) is 5.91 Å². The first-order chi connectivity index (χ1) is 10.8. The molecule has 112 valence electrons. The Balaban J connectivity index is 1.54. The molecule has 2 aromatic heterocycles. The average molecular weight is 312 g/mol. The predicted molar refractivity (Wildman–Crippen MR) is 87.3 cm³/mol. The molecule has 0 unspecified atom stereocenters. The summed E-state index contributed by atoms with van der Waals surface area (Å²) in [6, 6.07) is 6.10. The van der Waals surface area contributed by atoms with Gasteiger partial charge in [-0.25, -0.2) is 4.98 Å². The van der Waals surface area contributed by atoms with E-state index in [0.29, 0.717) is 6.42 Å². The molecule has 0 saturated heterocycles. The molecule has 3 heterocycles. The standard InChI is InChI=1S/C16H16N4OS/c21-15(8-12-10-22-16-18-6-7-20(12)16)19-14-3-1-2-11-9-17-5-4-13(11)14/h1-3,6-7,10,17H,4-5,8-9H2,(H,19,21). The lowest BCUT2D eigenvalue weighted by molar-refractivity contribution is -0.115. The summed E-state index contributed by atoms with van der Waals surface area (Å²) in [6.07, 6.45) is 4.96. The molecule has 1 amide bonds. The Morgan fingerprint density at radius 2 is 2.41 bits per heavy atom. The number of thiazole rings is 1. The van der Waals surface area contributed by atoms with E-state index < -0.39 is 0 Å². The fourth-order valence-electron chi connectivity index (χ4n) is 2.91. The highest BCUT2D eigenvalue weighted by Gasteiger charge is 2.15. The summed E-state index contributed by atoms with van der Waals surface area (Å²) in [5.74, 6) is 0.0142. The van der Waals surface area contributed by atoms with Crippen molar-refractivity contribution in [2.45, 2.75) is 19.4 Å². The lowest BCUT2D eigenvalue weighted by Crippen LogP contribution is -2.25. The number of carbonyl (C=O) groups excluding carboxylic acids is 1. The van der Waals surface area contributed by atoms with E-state index in [1.54, 1.807) is 17.5 Å². The van der Waals surface area contributed by atoms with Crippen LogP contribution in [-0.2, 0) is 24.2 Å². The number of amides is 1. The maximum Gasteiger partial charge on any atom is 0.230 e. The molecule has 1 aliphatic rings. The van der Waals surface area contributed by atoms with Gasteiger partial charge in [0.25, 0.3) is 0 Å². The summed E-state index contributed by atoms with van der Waals surface area (Å²) in [4.78, 5) is 17.5. The molecule has 3 aromatic rings. The lowest BCUT2D eigenvalue weighted by atomic mass is 9.99. The molecular weight excluding hydrogens is 296 g/mol. The fourth-order valence-corrected chi connectivity index (χ4v) is 3.76. The Bertz CT molecular complexity index is 836. The van der Waals surface area contributed by atoms with Gasteiger partial charge in [-0.1, -0.05) is 12.1 Å². The van der Waals surface area contributed by atoms with Gasteiger partial charge in [0.15, 0.2) is 4.96 Å². The maximum atomic E-state index is 12.4. The smallest absolute Gasteiger partial charge is 0.230 e. The van der Waals surface area contributed by atoms with E-state index in [-0.39, 0.29) is 5.91 Å². The molecular formula is C16H16N4OS. The number of nitrogens with zero attached hydrogens (tertiary/aromatic N) is 2. The second kappa shape index (κ2) is 5.55. The first kappa shape index (κ1) is 13.5. The van der Waals surface area contributed by atoms with Crippen molar-refractivity contribution in [1.82, 2.24) is 14.7 Å². The largest absolute Gasteiger partial charge is 0.325 e. The highest BCUT2D eigenvalue weighted by Crippen LogP contribution is 2.23. The SMILES string of the molecule is O=C(Cc1csc2nccn12)Nc1cccc2c1CCNC2. The third-order valence-electron chi connectivity index (χ3n) is 3.97. The van der Waals surface area contributed by atoms with Crippen molar-refractivity contribution in [3.8, 4) is 0 Å². The Labute approximate surface area is 132 Å². The topological polar surface area (TPSA) is 58.4 Å². The van der Waals surface area contributed by atoms with Crippen LogP contribution in [-0.4, -0.2) is 21.8 Å². The zero-order valence-electron chi connectivity index (χ0n) is 12.0. The molecule has 1 aliphatic heterocycles. The highest BCUT2D eigenvalue weighted by molar-refractivity contribution is 7.15.